The van der Waals surface area contributed by atoms with E-state index in [1.54, 1.807) is 47.4 Å². The summed E-state index contributed by atoms with van der Waals surface area (Å²) in [5.41, 5.74) is 0.877. The van der Waals surface area contributed by atoms with Gasteiger partial charge in [-0.25, -0.2) is 13.4 Å². The highest BCUT2D eigenvalue weighted by molar-refractivity contribution is 9.10. The van der Waals surface area contributed by atoms with Gasteiger partial charge in [0.2, 0.25) is 15.9 Å². The largest absolute Gasteiger partial charge is 0.338 e. The number of aromatic nitrogens is 2. The van der Waals surface area contributed by atoms with Crippen LogP contribution in [0.25, 0.3) is 11.0 Å². The first-order valence-corrected chi connectivity index (χ1v) is 11.6. The van der Waals surface area contributed by atoms with Gasteiger partial charge < -0.3 is 4.90 Å². The van der Waals surface area contributed by atoms with E-state index >= 15 is 0 Å². The zero-order chi connectivity index (χ0) is 21.3. The molecule has 0 bridgehead atoms. The van der Waals surface area contributed by atoms with E-state index < -0.39 is 10.0 Å². The smallest absolute Gasteiger partial charge is 0.269 e. The Hall–Kier alpha value is -2.56. The van der Waals surface area contributed by atoms with Crippen molar-refractivity contribution in [1.29, 1.82) is 0 Å². The highest BCUT2D eigenvalue weighted by Gasteiger charge is 2.30. The maximum absolute atomic E-state index is 12.8. The van der Waals surface area contributed by atoms with Crippen LogP contribution < -0.4 is 5.56 Å². The van der Waals surface area contributed by atoms with E-state index in [1.165, 1.54) is 15.1 Å². The molecule has 30 heavy (non-hydrogen) atoms. The van der Waals surface area contributed by atoms with Crippen LogP contribution in [0, 0.1) is 0 Å². The molecule has 1 aliphatic heterocycles. The lowest BCUT2D eigenvalue weighted by atomic mass is 10.3. The van der Waals surface area contributed by atoms with Crippen LogP contribution in [0.1, 0.15) is 0 Å². The lowest BCUT2D eigenvalue weighted by Crippen LogP contribution is -2.51. The van der Waals surface area contributed by atoms with Crippen LogP contribution in [0.2, 0.25) is 0 Å². The van der Waals surface area contributed by atoms with Gasteiger partial charge in [-0.2, -0.15) is 4.31 Å². The summed E-state index contributed by atoms with van der Waals surface area (Å²) < 4.78 is 29.2. The minimum atomic E-state index is -3.63. The number of piperazine rings is 1. The zero-order valence-corrected chi connectivity index (χ0v) is 18.3. The lowest BCUT2D eigenvalue weighted by molar-refractivity contribution is -0.133. The van der Waals surface area contributed by atoms with Gasteiger partial charge in [-0.05, 0) is 30.3 Å². The van der Waals surface area contributed by atoms with Gasteiger partial charge in [0.15, 0.2) is 0 Å². The number of carbonyl (C=O) groups excluding carboxylic acids is 1. The van der Waals surface area contributed by atoms with E-state index in [-0.39, 0.29) is 49.1 Å². The summed E-state index contributed by atoms with van der Waals surface area (Å²) in [7, 11) is -3.63. The average Bonchev–Trinajstić information content (AvgIpc) is 2.76. The molecule has 10 heteroatoms. The second-order valence-electron chi connectivity index (χ2n) is 6.91. The van der Waals surface area contributed by atoms with E-state index in [2.05, 4.69) is 20.9 Å². The molecule has 2 aromatic carbocycles. The second kappa shape index (κ2) is 8.29. The molecule has 1 fully saturated rings. The Kier molecular flexibility index (Phi) is 5.72. The van der Waals surface area contributed by atoms with Gasteiger partial charge in [0.25, 0.3) is 5.56 Å². The van der Waals surface area contributed by atoms with Crippen molar-refractivity contribution in [1.82, 2.24) is 18.8 Å². The van der Waals surface area contributed by atoms with Crippen molar-refractivity contribution in [2.24, 2.45) is 0 Å². The van der Waals surface area contributed by atoms with Crippen molar-refractivity contribution < 1.29 is 13.2 Å². The predicted octanol–water partition coefficient (Wildman–Crippen LogP) is 1.69. The fourth-order valence-electron chi connectivity index (χ4n) is 3.47. The third-order valence-corrected chi connectivity index (χ3v) is 7.46. The first-order chi connectivity index (χ1) is 14.4. The van der Waals surface area contributed by atoms with Crippen molar-refractivity contribution in [3.8, 4) is 0 Å². The van der Waals surface area contributed by atoms with Gasteiger partial charge in [0.1, 0.15) is 6.54 Å². The fraction of sp³-hybridized carbons (Fsp3) is 0.250. The highest BCUT2D eigenvalue weighted by atomic mass is 79.9. The first-order valence-electron chi connectivity index (χ1n) is 9.34. The van der Waals surface area contributed by atoms with Crippen molar-refractivity contribution in [2.45, 2.75) is 11.4 Å². The Labute approximate surface area is 181 Å². The highest BCUT2D eigenvalue weighted by Crippen LogP contribution is 2.21. The molecule has 156 valence electrons. The summed E-state index contributed by atoms with van der Waals surface area (Å²) in [6, 6.07) is 13.7. The molecule has 1 aromatic heterocycles. The van der Waals surface area contributed by atoms with Crippen molar-refractivity contribution in [3.05, 3.63) is 69.6 Å². The van der Waals surface area contributed by atoms with Gasteiger partial charge >= 0.3 is 0 Å². The van der Waals surface area contributed by atoms with Crippen LogP contribution in [0.15, 0.2) is 68.9 Å². The summed E-state index contributed by atoms with van der Waals surface area (Å²) in [6.07, 6.45) is 1.21. The van der Waals surface area contributed by atoms with E-state index in [4.69, 9.17) is 0 Å². The Morgan fingerprint density at radius 1 is 1.03 bits per heavy atom. The quantitative estimate of drug-likeness (QED) is 0.554. The standard InChI is InChI=1S/C20H19BrN4O4S/c21-15-4-3-5-16(12-15)30(28,29)24-10-8-23(9-11-24)20(27)14-25-18-7-2-1-6-17(18)22-13-19(25)26/h1-7,12-13H,8-11,14H2. The number of hydrogen-bond acceptors (Lipinski definition) is 5. The van der Waals surface area contributed by atoms with Crippen LogP contribution in [0.3, 0.4) is 0 Å². The predicted molar refractivity (Wildman–Crippen MR) is 115 cm³/mol. The lowest BCUT2D eigenvalue weighted by Gasteiger charge is -2.34. The van der Waals surface area contributed by atoms with Crippen molar-refractivity contribution in [2.75, 3.05) is 26.2 Å². The van der Waals surface area contributed by atoms with Gasteiger partial charge in [-0.3, -0.25) is 14.2 Å². The molecule has 0 saturated carbocycles. The third-order valence-electron chi connectivity index (χ3n) is 5.07. The summed E-state index contributed by atoms with van der Waals surface area (Å²) in [4.78, 5) is 31.0. The SMILES string of the molecule is O=C(Cn1c(=O)cnc2ccccc21)N1CCN(S(=O)(=O)c2cccc(Br)c2)CC1. The summed E-state index contributed by atoms with van der Waals surface area (Å²) in [5, 5.41) is 0. The van der Waals surface area contributed by atoms with Crippen LogP contribution >= 0.6 is 15.9 Å². The number of benzene rings is 2. The molecule has 0 radical (unpaired) electrons. The van der Waals surface area contributed by atoms with E-state index in [0.717, 1.165) is 0 Å². The molecule has 0 unspecified atom stereocenters. The third kappa shape index (κ3) is 4.03. The van der Waals surface area contributed by atoms with Gasteiger partial charge in [-0.1, -0.05) is 34.1 Å². The maximum Gasteiger partial charge on any atom is 0.269 e. The number of hydrogen-bond donors (Lipinski definition) is 0. The van der Waals surface area contributed by atoms with Crippen LogP contribution in [-0.4, -0.2) is 59.3 Å². The average molecular weight is 491 g/mol. The number of halogens is 1. The molecule has 1 aliphatic rings. The molecule has 2 heterocycles. The molecule has 8 nitrogen and oxygen atoms in total. The molecule has 0 N–H and O–H groups in total. The normalized spacial score (nSPS) is 15.4. The minimum Gasteiger partial charge on any atom is -0.338 e. The number of nitrogens with zero attached hydrogens (tertiary/aromatic N) is 4. The Bertz CT molecular complexity index is 1270. The van der Waals surface area contributed by atoms with E-state index in [9.17, 15) is 18.0 Å². The van der Waals surface area contributed by atoms with Crippen LogP contribution in [-0.2, 0) is 21.4 Å². The number of sulfonamides is 1. The van der Waals surface area contributed by atoms with Crippen LogP contribution in [0.5, 0.6) is 0 Å². The van der Waals surface area contributed by atoms with Crippen molar-refractivity contribution >= 4 is 42.9 Å². The number of fused-ring (bicyclic) bond motifs is 1. The number of rotatable bonds is 4. The monoisotopic (exact) mass is 490 g/mol. The second-order valence-corrected chi connectivity index (χ2v) is 9.77. The van der Waals surface area contributed by atoms with E-state index in [0.29, 0.717) is 15.5 Å². The topological polar surface area (TPSA) is 92.6 Å². The Morgan fingerprint density at radius 3 is 2.50 bits per heavy atom. The molecule has 1 amide bonds. The Morgan fingerprint density at radius 2 is 1.77 bits per heavy atom. The first kappa shape index (κ1) is 20.7. The Balaban J connectivity index is 1.47. The molecule has 3 aromatic rings. The molecule has 4 rings (SSSR count). The number of para-hydroxylation sites is 2. The molecular formula is C20H19BrN4O4S. The van der Waals surface area contributed by atoms with Gasteiger partial charge in [-0.15, -0.1) is 0 Å². The summed E-state index contributed by atoms with van der Waals surface area (Å²) >= 11 is 3.29. The summed E-state index contributed by atoms with van der Waals surface area (Å²) in [6.45, 7) is 0.826. The summed E-state index contributed by atoms with van der Waals surface area (Å²) in [5.74, 6) is -0.229. The van der Waals surface area contributed by atoms with Crippen LogP contribution in [0.4, 0.5) is 0 Å². The molecular weight excluding hydrogens is 472 g/mol. The van der Waals surface area contributed by atoms with Gasteiger partial charge in [0.05, 0.1) is 22.1 Å². The van der Waals surface area contributed by atoms with E-state index in [1.807, 2.05) is 6.07 Å². The number of amides is 1. The number of carbonyl (C=O) groups is 1. The molecule has 1 saturated heterocycles. The molecule has 0 aliphatic carbocycles. The van der Waals surface area contributed by atoms with Gasteiger partial charge in [0, 0.05) is 30.7 Å². The molecule has 0 atom stereocenters. The molecule has 0 spiro atoms. The maximum atomic E-state index is 12.8. The minimum absolute atomic E-state index is 0.111. The van der Waals surface area contributed by atoms with Crippen molar-refractivity contribution in [3.63, 3.8) is 0 Å². The zero-order valence-electron chi connectivity index (χ0n) is 15.9. The fourth-order valence-corrected chi connectivity index (χ4v) is 5.49.